The van der Waals surface area contributed by atoms with Crippen molar-refractivity contribution in [1.82, 2.24) is 15.0 Å². The number of aromatic amines is 1. The fourth-order valence-corrected chi connectivity index (χ4v) is 5.23. The molecule has 2 bridgehead atoms. The first-order valence-electron chi connectivity index (χ1n) is 10.3. The number of benzene rings is 2. The molecule has 6 heteroatoms. The lowest BCUT2D eigenvalue weighted by molar-refractivity contribution is 0.277. The largest absolute Gasteiger partial charge is 0.339 e. The summed E-state index contributed by atoms with van der Waals surface area (Å²) in [6, 6.07) is 13.7. The van der Waals surface area contributed by atoms with Crippen LogP contribution in [0.2, 0.25) is 10.0 Å². The van der Waals surface area contributed by atoms with Crippen LogP contribution in [0.3, 0.4) is 0 Å². The fourth-order valence-electron chi connectivity index (χ4n) is 4.93. The van der Waals surface area contributed by atoms with Crippen molar-refractivity contribution >= 4 is 56.6 Å². The number of nitrogens with zero attached hydrogens (tertiary/aromatic N) is 2. The van der Waals surface area contributed by atoms with Crippen LogP contribution in [0.1, 0.15) is 31.0 Å². The van der Waals surface area contributed by atoms with Crippen molar-refractivity contribution in [2.75, 3.05) is 5.32 Å². The second kappa shape index (κ2) is 7.00. The van der Waals surface area contributed by atoms with Gasteiger partial charge in [0.2, 0.25) is 0 Å². The van der Waals surface area contributed by atoms with Gasteiger partial charge >= 0.3 is 0 Å². The molecule has 0 amide bonds. The number of para-hydroxylation sites is 1. The average molecular weight is 435 g/mol. The molecule has 2 heterocycles. The van der Waals surface area contributed by atoms with Gasteiger partial charge < -0.3 is 10.3 Å². The SMILES string of the molecule is Clc1ccc(Nc2nc3ccccc3c3nc(C4CC5C=CC4CC5)[nH]c23)cc1Cl. The number of hydrogen-bond donors (Lipinski definition) is 2. The second-order valence-corrected chi connectivity index (χ2v) is 9.12. The van der Waals surface area contributed by atoms with E-state index in [9.17, 15) is 0 Å². The predicted molar refractivity (Wildman–Crippen MR) is 124 cm³/mol. The molecule has 2 aromatic carbocycles. The Morgan fingerprint density at radius 3 is 2.63 bits per heavy atom. The van der Waals surface area contributed by atoms with Gasteiger partial charge in [0, 0.05) is 17.0 Å². The molecule has 7 rings (SSSR count). The van der Waals surface area contributed by atoms with Crippen molar-refractivity contribution < 1.29 is 0 Å². The van der Waals surface area contributed by atoms with E-state index in [0.717, 1.165) is 39.3 Å². The number of rotatable bonds is 3. The van der Waals surface area contributed by atoms with E-state index in [0.29, 0.717) is 27.8 Å². The molecule has 4 aromatic rings. The van der Waals surface area contributed by atoms with Gasteiger partial charge in [0.05, 0.1) is 15.6 Å². The van der Waals surface area contributed by atoms with E-state index in [1.54, 1.807) is 6.07 Å². The van der Waals surface area contributed by atoms with Gasteiger partial charge in [-0.3, -0.25) is 0 Å². The van der Waals surface area contributed by atoms with Crippen molar-refractivity contribution in [2.45, 2.75) is 25.2 Å². The second-order valence-electron chi connectivity index (χ2n) is 8.31. The fraction of sp³-hybridized carbons (Fsp3) is 0.250. The Bertz CT molecular complexity index is 1310. The lowest BCUT2D eigenvalue weighted by Crippen LogP contribution is -2.26. The molecule has 2 aromatic heterocycles. The van der Waals surface area contributed by atoms with Crippen molar-refractivity contribution in [3.05, 3.63) is 70.5 Å². The average Bonchev–Trinajstić information content (AvgIpc) is 3.23. The van der Waals surface area contributed by atoms with Crippen LogP contribution >= 0.6 is 23.2 Å². The highest BCUT2D eigenvalue weighted by atomic mass is 35.5. The predicted octanol–water partition coefficient (Wildman–Crippen LogP) is 7.23. The number of anilines is 2. The van der Waals surface area contributed by atoms with Crippen LogP contribution in [0, 0.1) is 11.8 Å². The zero-order chi connectivity index (χ0) is 20.2. The van der Waals surface area contributed by atoms with E-state index in [-0.39, 0.29) is 0 Å². The van der Waals surface area contributed by atoms with Gasteiger partial charge in [0.15, 0.2) is 5.82 Å². The molecule has 3 aliphatic carbocycles. The monoisotopic (exact) mass is 434 g/mol. The van der Waals surface area contributed by atoms with Gasteiger partial charge in [-0.15, -0.1) is 0 Å². The minimum absolute atomic E-state index is 0.442. The van der Waals surface area contributed by atoms with Gasteiger partial charge in [0.25, 0.3) is 0 Å². The molecule has 1 saturated carbocycles. The maximum Gasteiger partial charge on any atom is 0.157 e. The van der Waals surface area contributed by atoms with Gasteiger partial charge in [-0.1, -0.05) is 53.6 Å². The van der Waals surface area contributed by atoms with E-state index in [1.165, 1.54) is 19.3 Å². The quantitative estimate of drug-likeness (QED) is 0.334. The van der Waals surface area contributed by atoms with E-state index < -0.39 is 0 Å². The number of allylic oxidation sites excluding steroid dienone is 2. The summed E-state index contributed by atoms with van der Waals surface area (Å²) in [5.74, 6) is 3.51. The molecule has 3 unspecified atom stereocenters. The van der Waals surface area contributed by atoms with Gasteiger partial charge in [-0.2, -0.15) is 0 Å². The van der Waals surface area contributed by atoms with E-state index in [1.807, 2.05) is 30.3 Å². The summed E-state index contributed by atoms with van der Waals surface area (Å²) in [5, 5.41) is 5.52. The number of pyridine rings is 1. The van der Waals surface area contributed by atoms with Crippen LogP contribution < -0.4 is 5.32 Å². The number of aromatic nitrogens is 3. The van der Waals surface area contributed by atoms with Crippen molar-refractivity contribution in [3.63, 3.8) is 0 Å². The summed E-state index contributed by atoms with van der Waals surface area (Å²) in [6.07, 6.45) is 8.49. The van der Waals surface area contributed by atoms with Crippen LogP contribution in [0.4, 0.5) is 11.5 Å². The lowest BCUT2D eigenvalue weighted by Gasteiger charge is -2.36. The first-order chi connectivity index (χ1) is 14.7. The number of nitrogens with one attached hydrogen (secondary N) is 2. The highest BCUT2D eigenvalue weighted by Crippen LogP contribution is 2.46. The van der Waals surface area contributed by atoms with E-state index >= 15 is 0 Å². The molecular weight excluding hydrogens is 415 g/mol. The Morgan fingerprint density at radius 1 is 0.967 bits per heavy atom. The number of fused-ring (bicyclic) bond motifs is 5. The number of halogens is 2. The Hall–Kier alpha value is -2.56. The minimum atomic E-state index is 0.442. The number of imidazole rings is 1. The van der Waals surface area contributed by atoms with Crippen LogP contribution in [0.5, 0.6) is 0 Å². The van der Waals surface area contributed by atoms with Crippen molar-refractivity contribution in [2.24, 2.45) is 11.8 Å². The summed E-state index contributed by atoms with van der Waals surface area (Å²) in [7, 11) is 0. The van der Waals surface area contributed by atoms with Crippen LogP contribution in [0.25, 0.3) is 21.9 Å². The summed E-state index contributed by atoms with van der Waals surface area (Å²) >= 11 is 12.3. The molecule has 0 radical (unpaired) electrons. The first kappa shape index (κ1) is 18.2. The molecule has 150 valence electrons. The molecule has 0 spiro atoms. The summed E-state index contributed by atoms with van der Waals surface area (Å²) < 4.78 is 0. The topological polar surface area (TPSA) is 53.6 Å². The third-order valence-corrected chi connectivity index (χ3v) is 7.20. The van der Waals surface area contributed by atoms with Gasteiger partial charge in [-0.25, -0.2) is 9.97 Å². The maximum atomic E-state index is 6.22. The maximum absolute atomic E-state index is 6.22. The molecule has 3 aliphatic rings. The van der Waals surface area contributed by atoms with Gasteiger partial charge in [-0.05, 0) is 55.4 Å². The van der Waals surface area contributed by atoms with Crippen molar-refractivity contribution in [3.8, 4) is 0 Å². The minimum Gasteiger partial charge on any atom is -0.339 e. The molecule has 1 fully saturated rings. The third kappa shape index (κ3) is 2.98. The standard InChI is InChI=1S/C24H20Cl2N4/c25-18-10-9-15(12-19(18)26)27-24-22-21(16-3-1-2-4-20(16)28-24)29-23(30-22)17-11-13-5-7-14(17)8-6-13/h1-5,7,9-10,12-14,17H,6,8,11H2,(H,27,28)(H,29,30). The molecule has 2 N–H and O–H groups in total. The zero-order valence-electron chi connectivity index (χ0n) is 16.2. The molecule has 3 atom stereocenters. The van der Waals surface area contributed by atoms with Crippen molar-refractivity contribution in [1.29, 1.82) is 0 Å². The van der Waals surface area contributed by atoms with Gasteiger partial charge in [0.1, 0.15) is 16.9 Å². The summed E-state index contributed by atoms with van der Waals surface area (Å²) in [5.41, 5.74) is 3.64. The highest BCUT2D eigenvalue weighted by Gasteiger charge is 2.35. The Kier molecular flexibility index (Phi) is 4.25. The summed E-state index contributed by atoms with van der Waals surface area (Å²) in [6.45, 7) is 0. The molecule has 0 saturated heterocycles. The van der Waals surface area contributed by atoms with Crippen LogP contribution in [-0.2, 0) is 0 Å². The van der Waals surface area contributed by atoms with Crippen LogP contribution in [-0.4, -0.2) is 15.0 Å². The number of hydrogen-bond acceptors (Lipinski definition) is 3. The molecular formula is C24H20Cl2N4. The highest BCUT2D eigenvalue weighted by molar-refractivity contribution is 6.42. The Morgan fingerprint density at radius 2 is 1.87 bits per heavy atom. The summed E-state index contributed by atoms with van der Waals surface area (Å²) in [4.78, 5) is 13.6. The molecule has 4 nitrogen and oxygen atoms in total. The van der Waals surface area contributed by atoms with Crippen LogP contribution in [0.15, 0.2) is 54.6 Å². The Balaban J connectivity index is 1.50. The first-order valence-corrected chi connectivity index (χ1v) is 11.1. The molecule has 0 aliphatic heterocycles. The number of H-pyrrole nitrogens is 1. The zero-order valence-corrected chi connectivity index (χ0v) is 17.7. The third-order valence-electron chi connectivity index (χ3n) is 6.46. The van der Waals surface area contributed by atoms with E-state index in [2.05, 4.69) is 28.5 Å². The lowest BCUT2D eigenvalue weighted by atomic mass is 9.69. The normalized spacial score (nSPS) is 22.8. The molecule has 30 heavy (non-hydrogen) atoms. The smallest absolute Gasteiger partial charge is 0.157 e. The van der Waals surface area contributed by atoms with E-state index in [4.69, 9.17) is 33.2 Å². The Labute approximate surface area is 184 Å².